The van der Waals surface area contributed by atoms with Gasteiger partial charge < -0.3 is 14.6 Å². The molecule has 0 radical (unpaired) electrons. The Balaban J connectivity index is 2.46. The van der Waals surface area contributed by atoms with Crippen LogP contribution in [0, 0.1) is 0 Å². The highest BCUT2D eigenvalue weighted by molar-refractivity contribution is 5.99. The molecule has 1 aliphatic rings. The standard InChI is InChI=1S/C20H32O5/c1-4-10-15(21)13-17-16(19(24-2)14-18(17)22)11-8-6-5-7-9-12-20(23)25-3/h4,10,15,19,21H,5-9,11-14H2,1-3H3/b10-4+/t15-,19+/m0/s1. The Kier molecular flexibility index (Phi) is 10.3. The molecule has 0 aromatic carbocycles. The fraction of sp³-hybridized carbons (Fsp3) is 0.700. The minimum atomic E-state index is -0.618. The van der Waals surface area contributed by atoms with E-state index in [0.29, 0.717) is 19.3 Å². The largest absolute Gasteiger partial charge is 0.469 e. The number of Topliss-reactive ketones (excluding diaryl/α,β-unsaturated/α-hetero) is 1. The molecule has 5 nitrogen and oxygen atoms in total. The molecule has 0 bridgehead atoms. The van der Waals surface area contributed by atoms with Gasteiger partial charge >= 0.3 is 5.97 Å². The monoisotopic (exact) mass is 352 g/mol. The highest BCUT2D eigenvalue weighted by Crippen LogP contribution is 2.32. The van der Waals surface area contributed by atoms with Gasteiger partial charge in [0.05, 0.1) is 19.3 Å². The molecule has 5 heteroatoms. The van der Waals surface area contributed by atoms with Crippen LogP contribution in [-0.2, 0) is 19.1 Å². The highest BCUT2D eigenvalue weighted by Gasteiger charge is 2.32. The summed E-state index contributed by atoms with van der Waals surface area (Å²) in [5.41, 5.74) is 1.81. The van der Waals surface area contributed by atoms with Crippen LogP contribution >= 0.6 is 0 Å². The van der Waals surface area contributed by atoms with E-state index in [1.54, 1.807) is 19.3 Å². The van der Waals surface area contributed by atoms with Crippen LogP contribution in [0.2, 0.25) is 0 Å². The van der Waals surface area contributed by atoms with E-state index in [4.69, 9.17) is 4.74 Å². The second-order valence-corrected chi connectivity index (χ2v) is 6.50. The first-order chi connectivity index (χ1) is 12.0. The number of methoxy groups -OCH3 is 2. The molecule has 1 rings (SSSR count). The number of rotatable bonds is 12. The molecule has 0 aromatic heterocycles. The van der Waals surface area contributed by atoms with Crippen LogP contribution in [-0.4, -0.2) is 43.3 Å². The zero-order valence-electron chi connectivity index (χ0n) is 15.8. The van der Waals surface area contributed by atoms with Gasteiger partial charge in [0.1, 0.15) is 0 Å². The number of aliphatic hydroxyl groups is 1. The Labute approximate surface area is 151 Å². The SMILES string of the molecule is C/C=C/[C@H](O)CC1=C(CCCCCCCC(=O)OC)[C@H](OC)CC1=O. The van der Waals surface area contributed by atoms with Gasteiger partial charge in [0.15, 0.2) is 5.78 Å². The molecule has 0 saturated heterocycles. The van der Waals surface area contributed by atoms with E-state index < -0.39 is 6.10 Å². The number of unbranched alkanes of at least 4 members (excludes halogenated alkanes) is 4. The summed E-state index contributed by atoms with van der Waals surface area (Å²) in [4.78, 5) is 23.3. The lowest BCUT2D eigenvalue weighted by Crippen LogP contribution is -2.10. The lowest BCUT2D eigenvalue weighted by atomic mass is 9.97. The Morgan fingerprint density at radius 1 is 1.24 bits per heavy atom. The van der Waals surface area contributed by atoms with Crippen molar-refractivity contribution < 1.29 is 24.2 Å². The van der Waals surface area contributed by atoms with Gasteiger partial charge in [0.2, 0.25) is 0 Å². The van der Waals surface area contributed by atoms with Gasteiger partial charge in [-0.15, -0.1) is 0 Å². The summed E-state index contributed by atoms with van der Waals surface area (Å²) in [6.45, 7) is 1.85. The van der Waals surface area contributed by atoms with Gasteiger partial charge in [0, 0.05) is 26.4 Å². The molecule has 0 aromatic rings. The van der Waals surface area contributed by atoms with E-state index in [1.807, 2.05) is 6.92 Å². The first-order valence-corrected chi connectivity index (χ1v) is 9.19. The van der Waals surface area contributed by atoms with Gasteiger partial charge in [-0.25, -0.2) is 0 Å². The third kappa shape index (κ3) is 7.53. The third-order valence-corrected chi connectivity index (χ3v) is 4.65. The Hall–Kier alpha value is -1.46. The van der Waals surface area contributed by atoms with Crippen molar-refractivity contribution in [2.45, 2.75) is 76.9 Å². The zero-order valence-corrected chi connectivity index (χ0v) is 15.8. The van der Waals surface area contributed by atoms with Crippen LogP contribution in [0.4, 0.5) is 0 Å². The van der Waals surface area contributed by atoms with Crippen LogP contribution in [0.3, 0.4) is 0 Å². The minimum absolute atomic E-state index is 0.100. The average molecular weight is 352 g/mol. The molecule has 142 valence electrons. The van der Waals surface area contributed by atoms with Crippen molar-refractivity contribution in [2.75, 3.05) is 14.2 Å². The Morgan fingerprint density at radius 3 is 2.56 bits per heavy atom. The second-order valence-electron chi connectivity index (χ2n) is 6.50. The molecule has 2 atom stereocenters. The number of ether oxygens (including phenoxy) is 2. The van der Waals surface area contributed by atoms with Crippen LogP contribution in [0.5, 0.6) is 0 Å². The maximum absolute atomic E-state index is 12.2. The third-order valence-electron chi connectivity index (χ3n) is 4.65. The van der Waals surface area contributed by atoms with Crippen LogP contribution in [0.25, 0.3) is 0 Å². The van der Waals surface area contributed by atoms with Gasteiger partial charge in [-0.3, -0.25) is 9.59 Å². The first kappa shape index (κ1) is 21.6. The molecule has 0 amide bonds. The summed E-state index contributed by atoms with van der Waals surface area (Å²) in [5.74, 6) is -0.0506. The van der Waals surface area contributed by atoms with Crippen molar-refractivity contribution in [3.8, 4) is 0 Å². The topological polar surface area (TPSA) is 72.8 Å². The fourth-order valence-corrected chi connectivity index (χ4v) is 3.29. The maximum Gasteiger partial charge on any atom is 0.305 e. The lowest BCUT2D eigenvalue weighted by Gasteiger charge is -2.14. The number of carbonyl (C=O) groups excluding carboxylic acids is 2. The van der Waals surface area contributed by atoms with Gasteiger partial charge in [-0.1, -0.05) is 31.4 Å². The molecule has 0 aliphatic heterocycles. The molecular formula is C20H32O5. The van der Waals surface area contributed by atoms with Gasteiger partial charge in [-0.2, -0.15) is 0 Å². The predicted octanol–water partition coefficient (Wildman–Crippen LogP) is 3.50. The van der Waals surface area contributed by atoms with Crippen LogP contribution in [0.1, 0.15) is 64.7 Å². The average Bonchev–Trinajstić information content (AvgIpc) is 2.89. The van der Waals surface area contributed by atoms with Gasteiger partial charge in [-0.05, 0) is 37.3 Å². The van der Waals surface area contributed by atoms with E-state index in [-0.39, 0.29) is 17.9 Å². The summed E-state index contributed by atoms with van der Waals surface area (Å²) in [7, 11) is 3.05. The van der Waals surface area contributed by atoms with E-state index >= 15 is 0 Å². The minimum Gasteiger partial charge on any atom is -0.469 e. The van der Waals surface area contributed by atoms with Crippen molar-refractivity contribution >= 4 is 11.8 Å². The first-order valence-electron chi connectivity index (χ1n) is 9.19. The van der Waals surface area contributed by atoms with Crippen molar-refractivity contribution in [3.63, 3.8) is 0 Å². The molecule has 1 aliphatic carbocycles. The molecule has 0 heterocycles. The smallest absolute Gasteiger partial charge is 0.305 e. The number of esters is 1. The number of hydrogen-bond donors (Lipinski definition) is 1. The quantitative estimate of drug-likeness (QED) is 0.331. The van der Waals surface area contributed by atoms with E-state index in [1.165, 1.54) is 7.11 Å². The fourth-order valence-electron chi connectivity index (χ4n) is 3.29. The number of aliphatic hydroxyl groups excluding tert-OH is 1. The molecule has 0 fully saturated rings. The molecular weight excluding hydrogens is 320 g/mol. The number of hydrogen-bond acceptors (Lipinski definition) is 5. The van der Waals surface area contributed by atoms with Crippen LogP contribution < -0.4 is 0 Å². The second kappa shape index (κ2) is 12.0. The zero-order chi connectivity index (χ0) is 18.7. The van der Waals surface area contributed by atoms with Crippen molar-refractivity contribution in [2.24, 2.45) is 0 Å². The highest BCUT2D eigenvalue weighted by atomic mass is 16.5. The van der Waals surface area contributed by atoms with Crippen molar-refractivity contribution in [3.05, 3.63) is 23.3 Å². The summed E-state index contributed by atoms with van der Waals surface area (Å²) in [6, 6.07) is 0. The summed E-state index contributed by atoms with van der Waals surface area (Å²) < 4.78 is 10.1. The summed E-state index contributed by atoms with van der Waals surface area (Å²) in [5, 5.41) is 9.99. The predicted molar refractivity (Wildman–Crippen MR) is 97.2 cm³/mol. The molecule has 0 saturated carbocycles. The molecule has 0 unspecified atom stereocenters. The number of ketones is 1. The normalized spacial score (nSPS) is 19.0. The number of allylic oxidation sites excluding steroid dienone is 1. The lowest BCUT2D eigenvalue weighted by molar-refractivity contribution is -0.140. The molecule has 1 N–H and O–H groups in total. The van der Waals surface area contributed by atoms with Crippen LogP contribution in [0.15, 0.2) is 23.3 Å². The maximum atomic E-state index is 12.2. The summed E-state index contributed by atoms with van der Waals surface area (Å²) in [6.07, 6.45) is 9.80. The van der Waals surface area contributed by atoms with Crippen molar-refractivity contribution in [1.82, 2.24) is 0 Å². The van der Waals surface area contributed by atoms with Crippen molar-refractivity contribution in [1.29, 1.82) is 0 Å². The summed E-state index contributed by atoms with van der Waals surface area (Å²) >= 11 is 0. The Morgan fingerprint density at radius 2 is 1.92 bits per heavy atom. The molecule has 0 spiro atoms. The van der Waals surface area contributed by atoms with E-state index in [2.05, 4.69) is 4.74 Å². The van der Waals surface area contributed by atoms with E-state index in [0.717, 1.165) is 49.7 Å². The molecule has 25 heavy (non-hydrogen) atoms. The van der Waals surface area contributed by atoms with Gasteiger partial charge in [0.25, 0.3) is 0 Å². The van der Waals surface area contributed by atoms with E-state index in [9.17, 15) is 14.7 Å². The Bertz CT molecular complexity index is 492. The number of carbonyl (C=O) groups is 2.